The predicted molar refractivity (Wildman–Crippen MR) is 99.2 cm³/mol. The van der Waals surface area contributed by atoms with E-state index in [1.54, 1.807) is 12.1 Å². The summed E-state index contributed by atoms with van der Waals surface area (Å²) in [4.78, 5) is 5.85. The standard InChI is InChI=1S/C19H19FN4S/c20-16-8-6-15(7-9-16)19-18(21-22-25-19)14-23-10-12-24(13-11-23)17-4-2-1-3-5-17/h1-9H,10-14H2. The maximum absolute atomic E-state index is 13.1. The zero-order valence-electron chi connectivity index (χ0n) is 13.8. The van der Waals surface area contributed by atoms with Crippen LogP contribution in [0.3, 0.4) is 0 Å². The fraction of sp³-hybridized carbons (Fsp3) is 0.263. The number of para-hydroxylation sites is 1. The van der Waals surface area contributed by atoms with Gasteiger partial charge in [0.15, 0.2) is 0 Å². The molecule has 0 spiro atoms. The lowest BCUT2D eigenvalue weighted by Gasteiger charge is -2.35. The first-order valence-corrected chi connectivity index (χ1v) is 9.16. The van der Waals surface area contributed by atoms with Gasteiger partial charge in [-0.1, -0.05) is 34.8 Å². The number of hydrogen-bond acceptors (Lipinski definition) is 5. The van der Waals surface area contributed by atoms with Crippen molar-refractivity contribution in [3.8, 4) is 10.4 Å². The molecule has 2 heterocycles. The van der Waals surface area contributed by atoms with Crippen molar-refractivity contribution in [2.45, 2.75) is 6.54 Å². The van der Waals surface area contributed by atoms with Gasteiger partial charge < -0.3 is 4.90 Å². The number of aromatic nitrogens is 2. The van der Waals surface area contributed by atoms with Crippen LogP contribution in [0.25, 0.3) is 10.4 Å². The second-order valence-corrected chi connectivity index (χ2v) is 6.91. The summed E-state index contributed by atoms with van der Waals surface area (Å²) in [6, 6.07) is 17.1. The van der Waals surface area contributed by atoms with E-state index in [1.807, 2.05) is 6.07 Å². The third kappa shape index (κ3) is 3.70. The highest BCUT2D eigenvalue weighted by Crippen LogP contribution is 2.27. The van der Waals surface area contributed by atoms with Gasteiger partial charge in [0.25, 0.3) is 0 Å². The normalized spacial score (nSPS) is 15.5. The van der Waals surface area contributed by atoms with Crippen LogP contribution in [-0.2, 0) is 6.54 Å². The number of rotatable bonds is 4. The van der Waals surface area contributed by atoms with Crippen molar-refractivity contribution < 1.29 is 4.39 Å². The Morgan fingerprint density at radius 2 is 1.64 bits per heavy atom. The molecular weight excluding hydrogens is 335 g/mol. The molecule has 0 aliphatic carbocycles. The highest BCUT2D eigenvalue weighted by atomic mass is 32.1. The lowest BCUT2D eigenvalue weighted by Crippen LogP contribution is -2.46. The molecule has 0 amide bonds. The molecule has 128 valence electrons. The van der Waals surface area contributed by atoms with Crippen LogP contribution >= 0.6 is 11.5 Å². The largest absolute Gasteiger partial charge is 0.369 e. The van der Waals surface area contributed by atoms with Crippen molar-refractivity contribution in [3.63, 3.8) is 0 Å². The first kappa shape index (κ1) is 16.2. The maximum Gasteiger partial charge on any atom is 0.123 e. The molecule has 0 saturated carbocycles. The van der Waals surface area contributed by atoms with Crippen LogP contribution in [-0.4, -0.2) is 40.7 Å². The van der Waals surface area contributed by atoms with E-state index in [0.29, 0.717) is 0 Å². The van der Waals surface area contributed by atoms with E-state index in [0.717, 1.165) is 48.9 Å². The van der Waals surface area contributed by atoms with E-state index >= 15 is 0 Å². The van der Waals surface area contributed by atoms with Gasteiger partial charge in [-0.25, -0.2) is 4.39 Å². The van der Waals surface area contributed by atoms with Gasteiger partial charge >= 0.3 is 0 Å². The van der Waals surface area contributed by atoms with Gasteiger partial charge in [0.2, 0.25) is 0 Å². The van der Waals surface area contributed by atoms with E-state index in [2.05, 4.69) is 43.7 Å². The van der Waals surface area contributed by atoms with Crippen molar-refractivity contribution in [2.75, 3.05) is 31.1 Å². The highest BCUT2D eigenvalue weighted by molar-refractivity contribution is 7.09. The molecule has 1 aliphatic rings. The summed E-state index contributed by atoms with van der Waals surface area (Å²) >= 11 is 1.37. The molecule has 1 aromatic heterocycles. The van der Waals surface area contributed by atoms with E-state index in [4.69, 9.17) is 0 Å². The second-order valence-electron chi connectivity index (χ2n) is 6.15. The predicted octanol–water partition coefficient (Wildman–Crippen LogP) is 3.67. The topological polar surface area (TPSA) is 32.3 Å². The summed E-state index contributed by atoms with van der Waals surface area (Å²) in [5.74, 6) is -0.222. The lowest BCUT2D eigenvalue weighted by molar-refractivity contribution is 0.247. The molecule has 1 saturated heterocycles. The Morgan fingerprint density at radius 3 is 2.36 bits per heavy atom. The Bertz CT molecular complexity index is 811. The average Bonchev–Trinajstić information content (AvgIpc) is 3.12. The number of anilines is 1. The molecule has 0 radical (unpaired) electrons. The summed E-state index contributed by atoms with van der Waals surface area (Å²) in [5, 5.41) is 4.31. The van der Waals surface area contributed by atoms with Crippen LogP contribution in [0.15, 0.2) is 54.6 Å². The van der Waals surface area contributed by atoms with Crippen molar-refractivity contribution in [1.82, 2.24) is 14.5 Å². The van der Waals surface area contributed by atoms with Crippen LogP contribution < -0.4 is 4.90 Å². The molecule has 0 atom stereocenters. The third-order valence-corrected chi connectivity index (χ3v) is 5.35. The molecule has 25 heavy (non-hydrogen) atoms. The first-order chi connectivity index (χ1) is 12.3. The SMILES string of the molecule is Fc1ccc(-c2snnc2CN2CCN(c3ccccc3)CC2)cc1. The van der Waals surface area contributed by atoms with Crippen LogP contribution in [0.4, 0.5) is 10.1 Å². The number of halogens is 1. The Balaban J connectivity index is 1.41. The van der Waals surface area contributed by atoms with Crippen molar-refractivity contribution >= 4 is 17.2 Å². The highest BCUT2D eigenvalue weighted by Gasteiger charge is 2.20. The van der Waals surface area contributed by atoms with Crippen LogP contribution in [0, 0.1) is 5.82 Å². The number of piperazine rings is 1. The minimum Gasteiger partial charge on any atom is -0.369 e. The Morgan fingerprint density at radius 1 is 0.920 bits per heavy atom. The molecule has 4 nitrogen and oxygen atoms in total. The van der Waals surface area contributed by atoms with E-state index < -0.39 is 0 Å². The van der Waals surface area contributed by atoms with Crippen LogP contribution in [0.1, 0.15) is 5.69 Å². The van der Waals surface area contributed by atoms with Crippen molar-refractivity contribution in [2.24, 2.45) is 0 Å². The third-order valence-electron chi connectivity index (χ3n) is 4.53. The van der Waals surface area contributed by atoms with Gasteiger partial charge in [0, 0.05) is 38.4 Å². The van der Waals surface area contributed by atoms with Gasteiger partial charge in [-0.05, 0) is 41.4 Å². The number of nitrogens with zero attached hydrogens (tertiary/aromatic N) is 4. The molecule has 1 aliphatic heterocycles. The molecule has 2 aromatic carbocycles. The molecule has 0 bridgehead atoms. The van der Waals surface area contributed by atoms with Crippen LogP contribution in [0.2, 0.25) is 0 Å². The first-order valence-electron chi connectivity index (χ1n) is 8.39. The maximum atomic E-state index is 13.1. The monoisotopic (exact) mass is 354 g/mol. The van der Waals surface area contributed by atoms with Gasteiger partial charge in [0.1, 0.15) is 5.82 Å². The van der Waals surface area contributed by atoms with Crippen LogP contribution in [0.5, 0.6) is 0 Å². The minimum absolute atomic E-state index is 0.222. The lowest BCUT2D eigenvalue weighted by atomic mass is 10.1. The fourth-order valence-corrected chi connectivity index (χ4v) is 3.82. The summed E-state index contributed by atoms with van der Waals surface area (Å²) < 4.78 is 17.2. The zero-order chi connectivity index (χ0) is 17.1. The second kappa shape index (κ2) is 7.29. The van der Waals surface area contributed by atoms with Gasteiger partial charge in [-0.2, -0.15) is 0 Å². The average molecular weight is 354 g/mol. The molecule has 3 aromatic rings. The molecule has 0 N–H and O–H groups in total. The van der Waals surface area contributed by atoms with Gasteiger partial charge in [-0.15, -0.1) is 5.10 Å². The van der Waals surface area contributed by atoms with E-state index in [-0.39, 0.29) is 5.82 Å². The van der Waals surface area contributed by atoms with E-state index in [9.17, 15) is 4.39 Å². The quantitative estimate of drug-likeness (QED) is 0.716. The molecular formula is C19H19FN4S. The summed E-state index contributed by atoms with van der Waals surface area (Å²) in [5.41, 5.74) is 3.24. The smallest absolute Gasteiger partial charge is 0.123 e. The Labute approximate surface area is 150 Å². The van der Waals surface area contributed by atoms with E-state index in [1.165, 1.54) is 29.4 Å². The number of benzene rings is 2. The van der Waals surface area contributed by atoms with Gasteiger partial charge in [0.05, 0.1) is 10.6 Å². The molecule has 4 rings (SSSR count). The molecule has 1 fully saturated rings. The van der Waals surface area contributed by atoms with Crippen molar-refractivity contribution in [1.29, 1.82) is 0 Å². The summed E-state index contributed by atoms with van der Waals surface area (Å²) in [7, 11) is 0. The minimum atomic E-state index is -0.222. The summed E-state index contributed by atoms with van der Waals surface area (Å²) in [6.45, 7) is 4.79. The number of hydrogen-bond donors (Lipinski definition) is 0. The zero-order valence-corrected chi connectivity index (χ0v) is 14.6. The Kier molecular flexibility index (Phi) is 4.72. The Hall–Kier alpha value is -2.31. The van der Waals surface area contributed by atoms with Gasteiger partial charge in [-0.3, -0.25) is 4.90 Å². The van der Waals surface area contributed by atoms with Crippen molar-refractivity contribution in [3.05, 3.63) is 66.1 Å². The molecule has 0 unspecified atom stereocenters. The summed E-state index contributed by atoms with van der Waals surface area (Å²) in [6.07, 6.45) is 0. The molecule has 6 heteroatoms. The fourth-order valence-electron chi connectivity index (χ4n) is 3.15.